The molecule has 0 aliphatic rings. The minimum Gasteiger partial charge on any atom is -0.396 e. The van der Waals surface area contributed by atoms with E-state index in [-0.39, 0.29) is 18.6 Å². The van der Waals surface area contributed by atoms with Crippen LogP contribution in [0.25, 0.3) is 0 Å². The van der Waals surface area contributed by atoms with E-state index in [1.807, 2.05) is 0 Å². The van der Waals surface area contributed by atoms with Gasteiger partial charge in [0.15, 0.2) is 0 Å². The summed E-state index contributed by atoms with van der Waals surface area (Å²) in [4.78, 5) is 0. The molecule has 4 nitrogen and oxygen atoms in total. The molecule has 0 aliphatic carbocycles. The number of aliphatic hydroxyl groups excluding tert-OH is 2. The van der Waals surface area contributed by atoms with E-state index in [1.165, 1.54) is 0 Å². The third-order valence-corrected chi connectivity index (χ3v) is 2.87. The van der Waals surface area contributed by atoms with Crippen molar-refractivity contribution >= 4 is 0 Å². The highest BCUT2D eigenvalue weighted by Crippen LogP contribution is 2.27. The molecule has 0 bridgehead atoms. The van der Waals surface area contributed by atoms with Gasteiger partial charge in [-0.2, -0.15) is 0 Å². The average molecular weight is 234 g/mol. The molecule has 0 aromatic heterocycles. The van der Waals surface area contributed by atoms with Crippen molar-refractivity contribution in [2.24, 2.45) is 5.41 Å². The van der Waals surface area contributed by atoms with E-state index in [2.05, 4.69) is 6.92 Å². The Hall–Kier alpha value is -0.160. The van der Waals surface area contributed by atoms with Gasteiger partial charge in [0.2, 0.25) is 0 Å². The molecule has 0 aromatic rings. The van der Waals surface area contributed by atoms with E-state index in [0.717, 1.165) is 19.3 Å². The molecular formula is C12H26O4. The van der Waals surface area contributed by atoms with E-state index in [4.69, 9.17) is 9.47 Å². The summed E-state index contributed by atoms with van der Waals surface area (Å²) in [6.07, 6.45) is 3.39. The van der Waals surface area contributed by atoms with E-state index >= 15 is 0 Å². The Labute approximate surface area is 98.6 Å². The standard InChI is InChI=1S/C12H26O4/c1-3-5-12(10-13,11-14)6-9-16-8-4-7-15-2/h13-14H,3-11H2,1-2H3. The molecule has 0 aliphatic heterocycles. The lowest BCUT2D eigenvalue weighted by Gasteiger charge is -2.29. The van der Waals surface area contributed by atoms with E-state index in [0.29, 0.717) is 26.2 Å². The maximum absolute atomic E-state index is 9.31. The Morgan fingerprint density at radius 2 is 1.69 bits per heavy atom. The first-order valence-electron chi connectivity index (χ1n) is 6.03. The first-order valence-corrected chi connectivity index (χ1v) is 6.03. The van der Waals surface area contributed by atoms with Crippen molar-refractivity contribution in [3.05, 3.63) is 0 Å². The maximum atomic E-state index is 9.31. The molecule has 0 aromatic carbocycles. The Kier molecular flexibility index (Phi) is 9.92. The number of hydrogen-bond acceptors (Lipinski definition) is 4. The number of ether oxygens (including phenoxy) is 2. The zero-order chi connectivity index (χ0) is 12.3. The smallest absolute Gasteiger partial charge is 0.0510 e. The molecule has 0 amide bonds. The van der Waals surface area contributed by atoms with Crippen LogP contribution < -0.4 is 0 Å². The van der Waals surface area contributed by atoms with Crippen molar-refractivity contribution in [3.8, 4) is 0 Å². The van der Waals surface area contributed by atoms with Crippen molar-refractivity contribution in [1.29, 1.82) is 0 Å². The Balaban J connectivity index is 3.67. The van der Waals surface area contributed by atoms with Crippen LogP contribution in [-0.2, 0) is 9.47 Å². The second kappa shape index (κ2) is 10.0. The van der Waals surface area contributed by atoms with Crippen molar-refractivity contribution < 1.29 is 19.7 Å². The van der Waals surface area contributed by atoms with Crippen molar-refractivity contribution in [2.45, 2.75) is 32.6 Å². The predicted molar refractivity (Wildman–Crippen MR) is 63.4 cm³/mol. The number of aliphatic hydroxyl groups is 2. The highest BCUT2D eigenvalue weighted by Gasteiger charge is 2.27. The molecule has 0 atom stereocenters. The lowest BCUT2D eigenvalue weighted by Crippen LogP contribution is -2.31. The fraction of sp³-hybridized carbons (Fsp3) is 1.00. The van der Waals surface area contributed by atoms with Gasteiger partial charge in [0.25, 0.3) is 0 Å². The first-order chi connectivity index (χ1) is 7.74. The molecule has 0 unspecified atom stereocenters. The van der Waals surface area contributed by atoms with Gasteiger partial charge >= 0.3 is 0 Å². The average Bonchev–Trinajstić information content (AvgIpc) is 2.32. The van der Waals surface area contributed by atoms with Crippen LogP contribution in [0, 0.1) is 5.41 Å². The van der Waals surface area contributed by atoms with Crippen LogP contribution in [0.4, 0.5) is 0 Å². The summed E-state index contributed by atoms with van der Waals surface area (Å²) in [6, 6.07) is 0. The summed E-state index contributed by atoms with van der Waals surface area (Å²) in [5, 5.41) is 18.6. The van der Waals surface area contributed by atoms with Crippen LogP contribution in [0.3, 0.4) is 0 Å². The molecule has 0 heterocycles. The Bertz CT molecular complexity index is 146. The molecular weight excluding hydrogens is 208 g/mol. The number of hydrogen-bond donors (Lipinski definition) is 2. The van der Waals surface area contributed by atoms with Crippen molar-refractivity contribution in [3.63, 3.8) is 0 Å². The fourth-order valence-electron chi connectivity index (χ4n) is 1.72. The molecule has 0 saturated carbocycles. The second-order valence-electron chi connectivity index (χ2n) is 4.27. The summed E-state index contributed by atoms with van der Waals surface area (Å²) in [5.74, 6) is 0. The topological polar surface area (TPSA) is 58.9 Å². The van der Waals surface area contributed by atoms with Crippen molar-refractivity contribution in [2.75, 3.05) is 40.1 Å². The SMILES string of the molecule is CCCC(CO)(CO)CCOCCCOC. The summed E-state index contributed by atoms with van der Waals surface area (Å²) in [6.45, 7) is 4.08. The molecule has 4 heteroatoms. The zero-order valence-electron chi connectivity index (χ0n) is 10.6. The van der Waals surface area contributed by atoms with Gasteiger partial charge in [-0.3, -0.25) is 0 Å². The van der Waals surface area contributed by atoms with Crippen LogP contribution >= 0.6 is 0 Å². The van der Waals surface area contributed by atoms with Crippen LogP contribution in [0.5, 0.6) is 0 Å². The third-order valence-electron chi connectivity index (χ3n) is 2.87. The minimum atomic E-state index is -0.365. The van der Waals surface area contributed by atoms with Gasteiger partial charge in [0, 0.05) is 32.3 Å². The van der Waals surface area contributed by atoms with Crippen LogP contribution in [0.15, 0.2) is 0 Å². The first kappa shape index (κ1) is 15.8. The molecule has 0 spiro atoms. The van der Waals surface area contributed by atoms with Gasteiger partial charge in [-0.05, 0) is 19.3 Å². The second-order valence-corrected chi connectivity index (χ2v) is 4.27. The number of rotatable bonds is 11. The summed E-state index contributed by atoms with van der Waals surface area (Å²) >= 11 is 0. The summed E-state index contributed by atoms with van der Waals surface area (Å²) in [5.41, 5.74) is -0.365. The quantitative estimate of drug-likeness (QED) is 0.527. The zero-order valence-corrected chi connectivity index (χ0v) is 10.6. The molecule has 2 N–H and O–H groups in total. The number of methoxy groups -OCH3 is 1. The normalized spacial score (nSPS) is 12.0. The summed E-state index contributed by atoms with van der Waals surface area (Å²) < 4.78 is 10.3. The summed E-state index contributed by atoms with van der Waals surface area (Å²) in [7, 11) is 1.67. The van der Waals surface area contributed by atoms with Gasteiger partial charge in [0.05, 0.1) is 13.2 Å². The van der Waals surface area contributed by atoms with Crippen LogP contribution in [0.1, 0.15) is 32.6 Å². The highest BCUT2D eigenvalue weighted by molar-refractivity contribution is 4.77. The van der Waals surface area contributed by atoms with Gasteiger partial charge in [0.1, 0.15) is 0 Å². The van der Waals surface area contributed by atoms with Gasteiger partial charge in [-0.25, -0.2) is 0 Å². The molecule has 0 fully saturated rings. The van der Waals surface area contributed by atoms with Crippen LogP contribution in [0.2, 0.25) is 0 Å². The highest BCUT2D eigenvalue weighted by atomic mass is 16.5. The van der Waals surface area contributed by atoms with Gasteiger partial charge in [-0.1, -0.05) is 13.3 Å². The lowest BCUT2D eigenvalue weighted by molar-refractivity contribution is 0.00701. The fourth-order valence-corrected chi connectivity index (χ4v) is 1.72. The molecule has 0 radical (unpaired) electrons. The van der Waals surface area contributed by atoms with Gasteiger partial charge in [-0.15, -0.1) is 0 Å². The predicted octanol–water partition coefficient (Wildman–Crippen LogP) is 1.20. The third kappa shape index (κ3) is 6.43. The monoisotopic (exact) mass is 234 g/mol. The lowest BCUT2D eigenvalue weighted by atomic mass is 9.82. The molecule has 16 heavy (non-hydrogen) atoms. The van der Waals surface area contributed by atoms with E-state index < -0.39 is 0 Å². The maximum Gasteiger partial charge on any atom is 0.0510 e. The minimum absolute atomic E-state index is 0.0266. The Morgan fingerprint density at radius 1 is 1.00 bits per heavy atom. The molecule has 0 saturated heterocycles. The largest absolute Gasteiger partial charge is 0.396 e. The van der Waals surface area contributed by atoms with Crippen molar-refractivity contribution in [1.82, 2.24) is 0 Å². The van der Waals surface area contributed by atoms with Crippen LogP contribution in [-0.4, -0.2) is 50.4 Å². The van der Waals surface area contributed by atoms with Gasteiger partial charge < -0.3 is 19.7 Å². The van der Waals surface area contributed by atoms with E-state index in [1.54, 1.807) is 7.11 Å². The molecule has 0 rings (SSSR count). The Morgan fingerprint density at radius 3 is 2.19 bits per heavy atom. The molecule has 98 valence electrons. The van der Waals surface area contributed by atoms with E-state index in [9.17, 15) is 10.2 Å².